The Balaban J connectivity index is 1.62. The minimum Gasteiger partial charge on any atom is -0.481 e. The van der Waals surface area contributed by atoms with Gasteiger partial charge in [0.2, 0.25) is 5.88 Å². The third-order valence-electron chi connectivity index (χ3n) is 6.77. The highest BCUT2D eigenvalue weighted by molar-refractivity contribution is 6.76. The molecule has 5 rings (SSSR count). The van der Waals surface area contributed by atoms with Gasteiger partial charge in [0.05, 0.1) is 30.9 Å². The highest BCUT2D eigenvalue weighted by Gasteiger charge is 2.23. The van der Waals surface area contributed by atoms with Gasteiger partial charge in [0.15, 0.2) is 17.5 Å². The molecule has 0 aliphatic carbocycles. The van der Waals surface area contributed by atoms with Crippen molar-refractivity contribution in [2.24, 2.45) is 4.99 Å². The van der Waals surface area contributed by atoms with Crippen LogP contribution in [0.3, 0.4) is 0 Å². The maximum Gasteiger partial charge on any atom is 0.221 e. The summed E-state index contributed by atoms with van der Waals surface area (Å²) >= 11 is 0. The normalized spacial score (nSPS) is 12.0. The van der Waals surface area contributed by atoms with Crippen molar-refractivity contribution in [2.75, 3.05) is 27.8 Å². The molecule has 224 valence electrons. The fourth-order valence-electron chi connectivity index (χ4n) is 4.58. The highest BCUT2D eigenvalue weighted by atomic mass is 28.3. The van der Waals surface area contributed by atoms with Crippen molar-refractivity contribution in [3.63, 3.8) is 0 Å². The van der Waals surface area contributed by atoms with Crippen molar-refractivity contribution in [3.05, 3.63) is 66.8 Å². The molecule has 1 aromatic carbocycles. The first kappa shape index (κ1) is 30.0. The van der Waals surface area contributed by atoms with Crippen LogP contribution in [0.15, 0.2) is 60.1 Å². The van der Waals surface area contributed by atoms with E-state index in [1.54, 1.807) is 37.8 Å². The number of halogens is 1. The van der Waals surface area contributed by atoms with Crippen molar-refractivity contribution >= 4 is 31.3 Å². The first-order chi connectivity index (χ1) is 20.7. The topological polar surface area (TPSA) is 108 Å². The Bertz CT molecular complexity index is 1740. The van der Waals surface area contributed by atoms with E-state index in [1.807, 2.05) is 46.5 Å². The molecule has 0 atom stereocenters. The lowest BCUT2D eigenvalue weighted by Crippen LogP contribution is -2.22. The molecule has 0 aliphatic heterocycles. The van der Waals surface area contributed by atoms with Crippen molar-refractivity contribution in [1.29, 1.82) is 0 Å². The van der Waals surface area contributed by atoms with Gasteiger partial charge in [-0.05, 0) is 30.3 Å². The molecule has 4 heterocycles. The zero-order valence-electron chi connectivity index (χ0n) is 25.3. The molecule has 4 aromatic heterocycles. The van der Waals surface area contributed by atoms with E-state index in [4.69, 9.17) is 9.47 Å². The van der Waals surface area contributed by atoms with Crippen molar-refractivity contribution in [2.45, 2.75) is 39.0 Å². The maximum atomic E-state index is 14.9. The molecule has 43 heavy (non-hydrogen) atoms. The number of hydrogen-bond acceptors (Lipinski definition) is 8. The predicted molar refractivity (Wildman–Crippen MR) is 168 cm³/mol. The Labute approximate surface area is 251 Å². The monoisotopic (exact) mass is 601 g/mol. The first-order valence-electron chi connectivity index (χ1n) is 13.9. The van der Waals surface area contributed by atoms with Gasteiger partial charge in [0, 0.05) is 52.3 Å². The predicted octanol–water partition coefficient (Wildman–Crippen LogP) is 5.48. The van der Waals surface area contributed by atoms with Gasteiger partial charge in [0.1, 0.15) is 24.5 Å². The van der Waals surface area contributed by atoms with Gasteiger partial charge in [-0.1, -0.05) is 31.8 Å². The van der Waals surface area contributed by atoms with Crippen LogP contribution < -0.4 is 4.74 Å². The van der Waals surface area contributed by atoms with E-state index in [-0.39, 0.29) is 19.1 Å². The molecule has 0 aliphatic rings. The molecule has 0 unspecified atom stereocenters. The zero-order valence-corrected chi connectivity index (χ0v) is 26.3. The van der Waals surface area contributed by atoms with Crippen molar-refractivity contribution < 1.29 is 13.9 Å². The third kappa shape index (κ3) is 6.78. The highest BCUT2D eigenvalue weighted by Crippen LogP contribution is 2.38. The van der Waals surface area contributed by atoms with Crippen LogP contribution in [0.25, 0.3) is 33.5 Å². The Morgan fingerprint density at radius 1 is 1.00 bits per heavy atom. The molecular formula is C30H36FN9O2Si. The summed E-state index contributed by atoms with van der Waals surface area (Å²) in [5.74, 6) is 1.58. The number of aliphatic imine (C=N–C) groups is 1. The Morgan fingerprint density at radius 2 is 1.79 bits per heavy atom. The molecular weight excluding hydrogens is 565 g/mol. The number of rotatable bonds is 12. The molecule has 0 N–H and O–H groups in total. The van der Waals surface area contributed by atoms with Gasteiger partial charge in [0.25, 0.3) is 0 Å². The minimum atomic E-state index is -1.30. The average Bonchev–Trinajstić information content (AvgIpc) is 3.55. The Hall–Kier alpha value is -4.49. The van der Waals surface area contributed by atoms with Crippen LogP contribution in [0, 0.1) is 5.82 Å². The summed E-state index contributed by atoms with van der Waals surface area (Å²) in [6.45, 7) is 7.97. The van der Waals surface area contributed by atoms with Gasteiger partial charge in [-0.15, -0.1) is 10.2 Å². The average molecular weight is 602 g/mol. The maximum absolute atomic E-state index is 14.9. The third-order valence-corrected chi connectivity index (χ3v) is 8.47. The van der Waals surface area contributed by atoms with Gasteiger partial charge >= 0.3 is 0 Å². The van der Waals surface area contributed by atoms with Crippen molar-refractivity contribution in [3.8, 4) is 28.4 Å². The van der Waals surface area contributed by atoms with E-state index in [0.717, 1.165) is 22.6 Å². The number of methoxy groups -OCH3 is 1. The van der Waals surface area contributed by atoms with Gasteiger partial charge < -0.3 is 18.9 Å². The van der Waals surface area contributed by atoms with Crippen LogP contribution in [0.5, 0.6) is 5.88 Å². The fourth-order valence-corrected chi connectivity index (χ4v) is 5.33. The minimum absolute atomic E-state index is 0.187. The Kier molecular flexibility index (Phi) is 8.92. The van der Waals surface area contributed by atoms with E-state index in [9.17, 15) is 4.39 Å². The number of benzene rings is 1. The van der Waals surface area contributed by atoms with Gasteiger partial charge in [-0.25, -0.2) is 24.3 Å². The fraction of sp³-hybridized carbons (Fsp3) is 0.333. The van der Waals surface area contributed by atoms with Crippen LogP contribution in [-0.2, 0) is 18.0 Å². The molecule has 0 spiro atoms. The second-order valence-electron chi connectivity index (χ2n) is 11.5. The van der Waals surface area contributed by atoms with Crippen molar-refractivity contribution in [1.82, 2.24) is 39.2 Å². The van der Waals surface area contributed by atoms with E-state index in [0.29, 0.717) is 41.2 Å². The zero-order chi connectivity index (χ0) is 30.6. The number of aromatic nitrogens is 7. The lowest BCUT2D eigenvalue weighted by atomic mass is 10.1. The van der Waals surface area contributed by atoms with Crippen LogP contribution in [0.1, 0.15) is 5.82 Å². The number of fused-ring (bicyclic) bond motifs is 1. The second kappa shape index (κ2) is 12.8. The number of pyridine rings is 1. The summed E-state index contributed by atoms with van der Waals surface area (Å²) in [5.41, 5.74) is 2.57. The van der Waals surface area contributed by atoms with E-state index >= 15 is 0 Å². The molecule has 0 saturated carbocycles. The Morgan fingerprint density at radius 3 is 2.53 bits per heavy atom. The van der Waals surface area contributed by atoms with Crippen LogP contribution in [0.2, 0.25) is 25.7 Å². The SMILES string of the molecule is COc1ncccc1-c1cn(Cc2nnc(-c3ccccc3F)n2COCC[Si](C)(C)C)c2ncnc(/N=C\N(C)C)c12. The quantitative estimate of drug-likeness (QED) is 0.0801. The largest absolute Gasteiger partial charge is 0.481 e. The van der Waals surface area contributed by atoms with E-state index < -0.39 is 8.07 Å². The summed E-state index contributed by atoms with van der Waals surface area (Å²) in [5, 5.41) is 9.64. The summed E-state index contributed by atoms with van der Waals surface area (Å²) < 4.78 is 30.4. The molecule has 5 aromatic rings. The number of hydrogen-bond donors (Lipinski definition) is 0. The van der Waals surface area contributed by atoms with Gasteiger partial charge in [-0.2, -0.15) is 0 Å². The summed E-state index contributed by atoms with van der Waals surface area (Å²) in [6, 6.07) is 11.3. The lowest BCUT2D eigenvalue weighted by Gasteiger charge is -2.17. The molecule has 0 bridgehead atoms. The molecule has 11 nitrogen and oxygen atoms in total. The van der Waals surface area contributed by atoms with Crippen LogP contribution >= 0.6 is 0 Å². The number of nitrogens with zero attached hydrogens (tertiary/aromatic N) is 9. The second-order valence-corrected chi connectivity index (χ2v) is 17.2. The summed E-state index contributed by atoms with van der Waals surface area (Å²) in [6.07, 6.45) is 6.82. The number of ether oxygens (including phenoxy) is 2. The molecule has 0 fully saturated rings. The standard InChI is InChI=1S/C30H36FN9O2Si/c1-38(2)19-35-27-26-23(21-11-9-13-32-30(21)41-3)16-39(29(26)34-18-33-27)17-25-36-37-28(22-10-7-8-12-24(22)31)40(25)20-42-14-15-43(4,5)6/h7-13,16,18-19H,14-15,17,20H2,1-6H3/b35-19-. The smallest absolute Gasteiger partial charge is 0.221 e. The van der Waals surface area contributed by atoms with Crippen LogP contribution in [0.4, 0.5) is 10.2 Å². The van der Waals surface area contributed by atoms with Crippen LogP contribution in [-0.4, -0.2) is 81.4 Å². The molecule has 0 radical (unpaired) electrons. The van der Waals surface area contributed by atoms with E-state index in [2.05, 4.69) is 49.8 Å². The molecule has 13 heteroatoms. The summed E-state index contributed by atoms with van der Waals surface area (Å²) in [7, 11) is 4.07. The van der Waals surface area contributed by atoms with Gasteiger partial charge in [-0.3, -0.25) is 4.57 Å². The molecule has 0 amide bonds. The molecule has 0 saturated heterocycles. The summed E-state index contributed by atoms with van der Waals surface area (Å²) in [4.78, 5) is 20.0. The first-order valence-corrected chi connectivity index (χ1v) is 17.7. The lowest BCUT2D eigenvalue weighted by molar-refractivity contribution is 0.0858. The van der Waals surface area contributed by atoms with E-state index in [1.165, 1.54) is 12.4 Å².